The van der Waals surface area contributed by atoms with Crippen LogP contribution in [-0.4, -0.2) is 57.0 Å². The van der Waals surface area contributed by atoms with Gasteiger partial charge in [0, 0.05) is 5.92 Å². The Morgan fingerprint density at radius 1 is 0.978 bits per heavy atom. The average molecular weight is 624 g/mol. The lowest BCUT2D eigenvalue weighted by Gasteiger charge is -2.38. The standard InChI is InChI=1S/C37H42BNO7/c1-21(2)29-19-30-34(37(44)39(36(30)43)28-12-8-11-27(18-28)38(45)46)31(20-40)33(29)32(41)14-13-26(25-9-6-5-7-10-25)17-24-15-22(3)35(42)23(4)16-24/h5-12,15-18,21,30-32,34,40-42,45-46H,13-14,19-20H2,1-4H3/b26-17-/t30-,31+,32-,34-/m1/s1. The minimum absolute atomic E-state index is 0.0310. The molecule has 2 amide bonds. The number of fused-ring (bicyclic) bond motifs is 1. The molecule has 9 heteroatoms. The number of phenolic OH excluding ortho intramolecular Hbond substituents is 1. The maximum Gasteiger partial charge on any atom is 0.488 e. The van der Waals surface area contributed by atoms with E-state index in [2.05, 4.69) is 6.08 Å². The van der Waals surface area contributed by atoms with E-state index in [0.717, 1.165) is 38.3 Å². The molecule has 8 nitrogen and oxygen atoms in total. The number of carbonyl (C=O) groups excluding carboxylic acids is 2. The SMILES string of the molecule is Cc1cc(/C=C(/CC[C@@H](O)C2=C(C(C)C)C[C@H]3C(=O)N(c4cccc(B(O)O)c4)C(=O)[C@H]3[C@H]2CO)c2ccccc2)cc(C)c1O. The normalized spacial score (nSPS) is 20.8. The topological polar surface area (TPSA) is 139 Å². The van der Waals surface area contributed by atoms with Crippen LogP contribution < -0.4 is 10.4 Å². The number of carbonyl (C=O) groups is 2. The first kappa shape index (κ1) is 33.4. The molecule has 2 aliphatic rings. The van der Waals surface area contributed by atoms with Crippen LogP contribution in [0.3, 0.4) is 0 Å². The molecular weight excluding hydrogens is 581 g/mol. The Hall–Kier alpha value is -4.02. The maximum atomic E-state index is 13.9. The van der Waals surface area contributed by atoms with Gasteiger partial charge in [0.15, 0.2) is 0 Å². The zero-order chi connectivity index (χ0) is 33.3. The lowest BCUT2D eigenvalue weighted by atomic mass is 9.66. The summed E-state index contributed by atoms with van der Waals surface area (Å²) in [5.74, 6) is -2.90. The first-order valence-corrected chi connectivity index (χ1v) is 15.8. The van der Waals surface area contributed by atoms with Crippen LogP contribution in [0.2, 0.25) is 0 Å². The molecule has 240 valence electrons. The minimum atomic E-state index is -1.76. The van der Waals surface area contributed by atoms with Crippen LogP contribution in [-0.2, 0) is 9.59 Å². The first-order chi connectivity index (χ1) is 21.9. The molecule has 1 heterocycles. The van der Waals surface area contributed by atoms with Gasteiger partial charge in [0.1, 0.15) is 5.75 Å². The molecule has 46 heavy (non-hydrogen) atoms. The van der Waals surface area contributed by atoms with Crippen LogP contribution >= 0.6 is 0 Å². The van der Waals surface area contributed by atoms with Gasteiger partial charge >= 0.3 is 7.12 Å². The number of hydrogen-bond acceptors (Lipinski definition) is 7. The van der Waals surface area contributed by atoms with Gasteiger partial charge in [-0.1, -0.05) is 68.0 Å². The summed E-state index contributed by atoms with van der Waals surface area (Å²) in [4.78, 5) is 28.8. The summed E-state index contributed by atoms with van der Waals surface area (Å²) in [7, 11) is -1.76. The number of rotatable bonds is 10. The molecule has 1 aliphatic carbocycles. The summed E-state index contributed by atoms with van der Waals surface area (Å²) in [6.45, 7) is 7.30. The number of phenols is 1. The highest BCUT2D eigenvalue weighted by atomic mass is 16.4. The summed E-state index contributed by atoms with van der Waals surface area (Å²) in [5, 5.41) is 52.2. The van der Waals surface area contributed by atoms with Crippen LogP contribution in [0, 0.1) is 37.5 Å². The molecule has 3 aromatic carbocycles. The van der Waals surface area contributed by atoms with Crippen molar-refractivity contribution in [3.05, 3.63) is 100 Å². The fourth-order valence-corrected chi connectivity index (χ4v) is 7.20. The average Bonchev–Trinajstić information content (AvgIpc) is 3.29. The highest BCUT2D eigenvalue weighted by molar-refractivity contribution is 6.58. The fourth-order valence-electron chi connectivity index (χ4n) is 7.20. The number of aliphatic hydroxyl groups excluding tert-OH is 2. The summed E-state index contributed by atoms with van der Waals surface area (Å²) >= 11 is 0. The number of imide groups is 1. The van der Waals surface area contributed by atoms with Gasteiger partial charge in [0.2, 0.25) is 11.8 Å². The molecule has 0 spiro atoms. The molecule has 4 atom stereocenters. The van der Waals surface area contributed by atoms with E-state index in [9.17, 15) is 35.0 Å². The van der Waals surface area contributed by atoms with Crippen LogP contribution in [0.5, 0.6) is 5.75 Å². The molecule has 5 rings (SSSR count). The van der Waals surface area contributed by atoms with Crippen LogP contribution in [0.25, 0.3) is 11.6 Å². The number of allylic oxidation sites excluding steroid dienone is 2. The predicted molar refractivity (Wildman–Crippen MR) is 180 cm³/mol. The molecule has 0 aromatic heterocycles. The number of anilines is 1. The predicted octanol–water partition coefficient (Wildman–Crippen LogP) is 4.14. The van der Waals surface area contributed by atoms with Crippen LogP contribution in [0.1, 0.15) is 55.4 Å². The van der Waals surface area contributed by atoms with E-state index < -0.39 is 49.4 Å². The van der Waals surface area contributed by atoms with Gasteiger partial charge in [-0.3, -0.25) is 14.5 Å². The van der Waals surface area contributed by atoms with Crippen LogP contribution in [0.4, 0.5) is 5.69 Å². The third-order valence-electron chi connectivity index (χ3n) is 9.49. The molecule has 0 unspecified atom stereocenters. The van der Waals surface area contributed by atoms with Crippen molar-refractivity contribution in [2.75, 3.05) is 11.5 Å². The molecule has 5 N–H and O–H groups in total. The molecule has 3 aromatic rings. The van der Waals surface area contributed by atoms with Gasteiger partial charge in [-0.15, -0.1) is 0 Å². The Labute approximate surface area is 270 Å². The van der Waals surface area contributed by atoms with Gasteiger partial charge in [0.05, 0.1) is 30.2 Å². The summed E-state index contributed by atoms with van der Waals surface area (Å²) in [6.07, 6.45) is 2.23. The van der Waals surface area contributed by atoms with E-state index in [1.807, 2.05) is 70.2 Å². The van der Waals surface area contributed by atoms with Crippen molar-refractivity contribution in [1.29, 1.82) is 0 Å². The molecule has 1 aliphatic heterocycles. The molecular formula is C37H42BNO7. The number of hydrogen-bond donors (Lipinski definition) is 5. The first-order valence-electron chi connectivity index (χ1n) is 15.8. The minimum Gasteiger partial charge on any atom is -0.507 e. The van der Waals surface area contributed by atoms with E-state index >= 15 is 0 Å². The van der Waals surface area contributed by atoms with Gasteiger partial charge in [0.25, 0.3) is 0 Å². The lowest BCUT2D eigenvalue weighted by molar-refractivity contribution is -0.123. The van der Waals surface area contributed by atoms with E-state index in [-0.39, 0.29) is 22.8 Å². The Kier molecular flexibility index (Phi) is 9.98. The Balaban J connectivity index is 1.47. The number of benzene rings is 3. The third kappa shape index (κ3) is 6.46. The largest absolute Gasteiger partial charge is 0.507 e. The second-order valence-corrected chi connectivity index (χ2v) is 12.8. The highest BCUT2D eigenvalue weighted by Gasteiger charge is 2.55. The van der Waals surface area contributed by atoms with Crippen molar-refractivity contribution < 1.29 is 35.0 Å². The van der Waals surface area contributed by atoms with Crippen molar-refractivity contribution in [3.63, 3.8) is 0 Å². The number of nitrogens with zero attached hydrogens (tertiary/aromatic N) is 1. The fraction of sp³-hybridized carbons (Fsp3) is 0.351. The number of aromatic hydroxyl groups is 1. The lowest BCUT2D eigenvalue weighted by Crippen LogP contribution is -2.40. The van der Waals surface area contributed by atoms with Crippen molar-refractivity contribution in [3.8, 4) is 5.75 Å². The number of aryl methyl sites for hydroxylation is 2. The van der Waals surface area contributed by atoms with Crippen LogP contribution in [0.15, 0.2) is 77.9 Å². The Morgan fingerprint density at radius 3 is 2.26 bits per heavy atom. The van der Waals surface area contributed by atoms with Crippen molar-refractivity contribution in [1.82, 2.24) is 0 Å². The second-order valence-electron chi connectivity index (χ2n) is 12.8. The van der Waals surface area contributed by atoms with E-state index in [4.69, 9.17) is 0 Å². The zero-order valence-corrected chi connectivity index (χ0v) is 26.7. The summed E-state index contributed by atoms with van der Waals surface area (Å²) in [5.41, 5.74) is 6.39. The zero-order valence-electron chi connectivity index (χ0n) is 26.7. The van der Waals surface area contributed by atoms with E-state index in [0.29, 0.717) is 24.8 Å². The molecule has 1 fully saturated rings. The number of aliphatic hydroxyl groups is 2. The maximum absolute atomic E-state index is 13.9. The summed E-state index contributed by atoms with van der Waals surface area (Å²) in [6, 6.07) is 19.8. The second kappa shape index (κ2) is 13.8. The molecule has 0 bridgehead atoms. The van der Waals surface area contributed by atoms with Gasteiger partial charge < -0.3 is 25.4 Å². The Bertz CT molecular complexity index is 1660. The van der Waals surface area contributed by atoms with E-state index in [1.165, 1.54) is 12.1 Å². The molecule has 1 saturated heterocycles. The quantitative estimate of drug-likeness (QED) is 0.0991. The van der Waals surface area contributed by atoms with Gasteiger partial charge in [-0.2, -0.15) is 0 Å². The molecule has 0 saturated carbocycles. The Morgan fingerprint density at radius 2 is 1.65 bits per heavy atom. The highest BCUT2D eigenvalue weighted by Crippen LogP contribution is 2.49. The van der Waals surface area contributed by atoms with Gasteiger partial charge in [-0.25, -0.2) is 0 Å². The number of amides is 2. The van der Waals surface area contributed by atoms with Crippen molar-refractivity contribution in [2.24, 2.45) is 23.7 Å². The third-order valence-corrected chi connectivity index (χ3v) is 9.49. The van der Waals surface area contributed by atoms with Crippen molar-refractivity contribution in [2.45, 2.75) is 53.1 Å². The summed E-state index contributed by atoms with van der Waals surface area (Å²) < 4.78 is 0. The molecule has 0 radical (unpaired) electrons. The van der Waals surface area contributed by atoms with Gasteiger partial charge in [-0.05, 0) is 102 Å². The van der Waals surface area contributed by atoms with E-state index in [1.54, 1.807) is 12.1 Å². The smallest absolute Gasteiger partial charge is 0.488 e. The van der Waals surface area contributed by atoms with Crippen molar-refractivity contribution >= 4 is 41.7 Å². The monoisotopic (exact) mass is 623 g/mol.